The van der Waals surface area contributed by atoms with Gasteiger partial charge in [0.25, 0.3) is 0 Å². The fourth-order valence-corrected chi connectivity index (χ4v) is 3.12. The summed E-state index contributed by atoms with van der Waals surface area (Å²) < 4.78 is 26.7. The topological polar surface area (TPSA) is 70.0 Å². The van der Waals surface area contributed by atoms with Crippen molar-refractivity contribution in [3.8, 4) is 6.07 Å². The van der Waals surface area contributed by atoms with Gasteiger partial charge in [-0.25, -0.2) is 13.1 Å². The standard InChI is InChI=1S/C12H16N2O2S2/c1-9-6-11(7-13)4-5-12(9)18(15,16)14-8-10(2)17-3/h4-6,10,14H,8H2,1-3H3. The maximum absolute atomic E-state index is 12.1. The molecule has 0 aliphatic rings. The average Bonchev–Trinajstić information content (AvgIpc) is 2.35. The van der Waals surface area contributed by atoms with Gasteiger partial charge in [-0.05, 0) is 36.9 Å². The highest BCUT2D eigenvalue weighted by atomic mass is 32.2. The maximum Gasteiger partial charge on any atom is 0.240 e. The summed E-state index contributed by atoms with van der Waals surface area (Å²) in [7, 11) is -3.49. The second-order valence-electron chi connectivity index (χ2n) is 3.99. The second-order valence-corrected chi connectivity index (χ2v) is 7.00. The predicted octanol–water partition coefficient (Wildman–Crippen LogP) is 1.90. The first kappa shape index (κ1) is 15.0. The molecule has 0 fully saturated rings. The summed E-state index contributed by atoms with van der Waals surface area (Å²) in [5.74, 6) is 0. The summed E-state index contributed by atoms with van der Waals surface area (Å²) in [6, 6.07) is 6.55. The van der Waals surface area contributed by atoms with E-state index in [4.69, 9.17) is 5.26 Å². The highest BCUT2D eigenvalue weighted by Crippen LogP contribution is 2.16. The van der Waals surface area contributed by atoms with Crippen LogP contribution < -0.4 is 4.72 Å². The van der Waals surface area contributed by atoms with Crippen LogP contribution in [0.1, 0.15) is 18.1 Å². The minimum Gasteiger partial charge on any atom is -0.210 e. The molecule has 0 amide bonds. The smallest absolute Gasteiger partial charge is 0.210 e. The molecule has 0 bridgehead atoms. The van der Waals surface area contributed by atoms with E-state index in [9.17, 15) is 8.42 Å². The fraction of sp³-hybridized carbons (Fsp3) is 0.417. The SMILES string of the molecule is CSC(C)CNS(=O)(=O)c1ccc(C#N)cc1C. The number of nitrogens with zero attached hydrogens (tertiary/aromatic N) is 1. The lowest BCUT2D eigenvalue weighted by molar-refractivity contribution is 0.581. The summed E-state index contributed by atoms with van der Waals surface area (Å²) in [5, 5.41) is 8.97. The largest absolute Gasteiger partial charge is 0.240 e. The molecule has 0 heterocycles. The summed E-state index contributed by atoms with van der Waals surface area (Å²) >= 11 is 1.60. The molecule has 1 atom stereocenters. The Morgan fingerprint density at radius 2 is 2.17 bits per heavy atom. The monoisotopic (exact) mass is 284 g/mol. The summed E-state index contributed by atoms with van der Waals surface area (Å²) in [5.41, 5.74) is 1.04. The molecule has 1 rings (SSSR count). The van der Waals surface area contributed by atoms with Gasteiger partial charge in [0.2, 0.25) is 10.0 Å². The summed E-state index contributed by atoms with van der Waals surface area (Å²) in [4.78, 5) is 0.231. The van der Waals surface area contributed by atoms with Gasteiger partial charge in [-0.15, -0.1) is 0 Å². The molecule has 0 aliphatic carbocycles. The lowest BCUT2D eigenvalue weighted by Crippen LogP contribution is -2.30. The summed E-state index contributed by atoms with van der Waals surface area (Å²) in [6.07, 6.45) is 1.94. The quantitative estimate of drug-likeness (QED) is 0.896. The molecule has 1 unspecified atom stereocenters. The van der Waals surface area contributed by atoms with Crippen LogP contribution in [0.15, 0.2) is 23.1 Å². The van der Waals surface area contributed by atoms with Gasteiger partial charge in [0, 0.05) is 11.8 Å². The Bertz CT molecular complexity index is 562. The number of rotatable bonds is 5. The van der Waals surface area contributed by atoms with Gasteiger partial charge in [0.15, 0.2) is 0 Å². The van der Waals surface area contributed by atoms with Crippen LogP contribution >= 0.6 is 11.8 Å². The van der Waals surface area contributed by atoms with E-state index >= 15 is 0 Å². The van der Waals surface area contributed by atoms with Crippen LogP contribution in [0.5, 0.6) is 0 Å². The van der Waals surface area contributed by atoms with Crippen LogP contribution in [0, 0.1) is 18.3 Å². The highest BCUT2D eigenvalue weighted by molar-refractivity contribution is 7.99. The Morgan fingerprint density at radius 3 is 2.67 bits per heavy atom. The van der Waals surface area contributed by atoms with Gasteiger partial charge >= 0.3 is 0 Å². The first-order valence-corrected chi connectivity index (χ1v) is 8.21. The van der Waals surface area contributed by atoms with Crippen LogP contribution in [-0.2, 0) is 10.0 Å². The van der Waals surface area contributed by atoms with Crippen molar-refractivity contribution < 1.29 is 8.42 Å². The lowest BCUT2D eigenvalue weighted by Gasteiger charge is -2.12. The van der Waals surface area contributed by atoms with E-state index < -0.39 is 10.0 Å². The molecule has 0 aliphatic heterocycles. The molecule has 98 valence electrons. The van der Waals surface area contributed by atoms with Crippen molar-refractivity contribution >= 4 is 21.8 Å². The number of hydrogen-bond acceptors (Lipinski definition) is 4. The van der Waals surface area contributed by atoms with Gasteiger partial charge < -0.3 is 0 Å². The molecular formula is C12H16N2O2S2. The van der Waals surface area contributed by atoms with Crippen LogP contribution in [-0.4, -0.2) is 26.5 Å². The van der Waals surface area contributed by atoms with Gasteiger partial charge in [-0.3, -0.25) is 0 Å². The number of hydrogen-bond donors (Lipinski definition) is 1. The number of sulfonamides is 1. The number of benzene rings is 1. The third-order valence-electron chi connectivity index (χ3n) is 2.56. The first-order valence-electron chi connectivity index (χ1n) is 5.44. The zero-order chi connectivity index (χ0) is 13.8. The molecule has 1 aromatic rings. The minimum atomic E-state index is -3.49. The molecular weight excluding hydrogens is 268 g/mol. The minimum absolute atomic E-state index is 0.221. The zero-order valence-corrected chi connectivity index (χ0v) is 12.2. The van der Waals surface area contributed by atoms with Crippen molar-refractivity contribution in [2.75, 3.05) is 12.8 Å². The number of thioether (sulfide) groups is 1. The molecule has 0 saturated carbocycles. The Hall–Kier alpha value is -1.03. The number of nitrogens with one attached hydrogen (secondary N) is 1. The second kappa shape index (κ2) is 6.23. The third kappa shape index (κ3) is 3.73. The van der Waals surface area contributed by atoms with Crippen LogP contribution in [0.2, 0.25) is 0 Å². The van der Waals surface area contributed by atoms with E-state index in [1.165, 1.54) is 12.1 Å². The number of aryl methyl sites for hydroxylation is 1. The normalized spacial score (nSPS) is 13.0. The lowest BCUT2D eigenvalue weighted by atomic mass is 10.2. The third-order valence-corrected chi connectivity index (χ3v) is 5.11. The first-order chi connectivity index (χ1) is 8.40. The molecule has 0 saturated heterocycles. The van der Waals surface area contributed by atoms with E-state index in [0.29, 0.717) is 17.7 Å². The molecule has 1 aromatic carbocycles. The Balaban J connectivity index is 2.96. The van der Waals surface area contributed by atoms with Gasteiger partial charge in [-0.2, -0.15) is 17.0 Å². The highest BCUT2D eigenvalue weighted by Gasteiger charge is 2.17. The Kier molecular flexibility index (Phi) is 5.20. The van der Waals surface area contributed by atoms with Crippen LogP contribution in [0.25, 0.3) is 0 Å². The molecule has 0 spiro atoms. The average molecular weight is 284 g/mol. The van der Waals surface area contributed by atoms with Gasteiger partial charge in [0.1, 0.15) is 0 Å². The van der Waals surface area contributed by atoms with Crippen molar-refractivity contribution in [2.45, 2.75) is 24.0 Å². The van der Waals surface area contributed by atoms with Gasteiger partial charge in [-0.1, -0.05) is 6.92 Å². The summed E-state index contributed by atoms with van der Waals surface area (Å²) in [6.45, 7) is 4.04. The Morgan fingerprint density at radius 1 is 1.50 bits per heavy atom. The maximum atomic E-state index is 12.1. The van der Waals surface area contributed by atoms with Crippen molar-refractivity contribution in [3.63, 3.8) is 0 Å². The molecule has 4 nitrogen and oxygen atoms in total. The molecule has 0 aromatic heterocycles. The van der Waals surface area contributed by atoms with Crippen molar-refractivity contribution in [3.05, 3.63) is 29.3 Å². The van der Waals surface area contributed by atoms with Crippen molar-refractivity contribution in [1.29, 1.82) is 5.26 Å². The van der Waals surface area contributed by atoms with Crippen molar-refractivity contribution in [2.24, 2.45) is 0 Å². The van der Waals surface area contributed by atoms with E-state index in [0.717, 1.165) is 0 Å². The van der Waals surface area contributed by atoms with Crippen LogP contribution in [0.3, 0.4) is 0 Å². The number of nitriles is 1. The molecule has 1 N–H and O–H groups in total. The van der Waals surface area contributed by atoms with E-state index in [-0.39, 0.29) is 10.1 Å². The predicted molar refractivity (Wildman–Crippen MR) is 74.1 cm³/mol. The van der Waals surface area contributed by atoms with E-state index in [1.54, 1.807) is 24.8 Å². The van der Waals surface area contributed by atoms with Gasteiger partial charge in [0.05, 0.1) is 16.5 Å². The van der Waals surface area contributed by atoms with Crippen molar-refractivity contribution in [1.82, 2.24) is 4.72 Å². The zero-order valence-electron chi connectivity index (χ0n) is 10.6. The molecule has 6 heteroatoms. The van der Waals surface area contributed by atoms with E-state index in [1.807, 2.05) is 19.2 Å². The Labute approximate surface area is 112 Å². The fourth-order valence-electron chi connectivity index (χ4n) is 1.41. The van der Waals surface area contributed by atoms with E-state index in [2.05, 4.69) is 4.72 Å². The molecule has 18 heavy (non-hydrogen) atoms. The van der Waals surface area contributed by atoms with Crippen LogP contribution in [0.4, 0.5) is 0 Å². The molecule has 0 radical (unpaired) electrons.